The number of hydrogen-bond donors (Lipinski definition) is 2. The van der Waals surface area contributed by atoms with Crippen molar-refractivity contribution in [1.82, 2.24) is 10.6 Å². The summed E-state index contributed by atoms with van der Waals surface area (Å²) in [7, 11) is 3.50. The predicted octanol–water partition coefficient (Wildman–Crippen LogP) is 2.70. The zero-order valence-electron chi connectivity index (χ0n) is 13.7. The molecule has 7 heteroatoms. The normalized spacial score (nSPS) is 17.8. The lowest BCUT2D eigenvalue weighted by atomic mass is 10.1. The van der Waals surface area contributed by atoms with Crippen LogP contribution in [0.3, 0.4) is 0 Å². The van der Waals surface area contributed by atoms with E-state index in [1.165, 1.54) is 12.1 Å². The van der Waals surface area contributed by atoms with E-state index in [0.29, 0.717) is 12.5 Å². The second kappa shape index (κ2) is 11.1. The molecule has 2 N–H and O–H groups in total. The zero-order valence-corrected chi connectivity index (χ0v) is 17.6. The highest BCUT2D eigenvalue weighted by molar-refractivity contribution is 14.0. The molecule has 0 aromatic heterocycles. The highest BCUT2D eigenvalue weighted by Gasteiger charge is 2.22. The van der Waals surface area contributed by atoms with Gasteiger partial charge < -0.3 is 20.3 Å². The Morgan fingerprint density at radius 3 is 2.96 bits per heavy atom. The van der Waals surface area contributed by atoms with E-state index in [4.69, 9.17) is 4.74 Å². The molecule has 1 fully saturated rings. The lowest BCUT2D eigenvalue weighted by Crippen LogP contribution is -2.41. The molecule has 1 aromatic rings. The number of nitrogens with one attached hydrogen (secondary N) is 2. The number of benzene rings is 1. The maximum atomic E-state index is 5.03. The smallest absolute Gasteiger partial charge is 0.191 e. The number of methoxy groups -OCH3 is 1. The van der Waals surface area contributed by atoms with Crippen molar-refractivity contribution in [2.45, 2.75) is 6.42 Å². The molecule has 1 aliphatic rings. The molecule has 0 saturated carbocycles. The molecule has 23 heavy (non-hydrogen) atoms. The van der Waals surface area contributed by atoms with Crippen molar-refractivity contribution in [3.8, 4) is 0 Å². The predicted molar refractivity (Wildman–Crippen MR) is 111 cm³/mol. The van der Waals surface area contributed by atoms with Crippen LogP contribution in [0.4, 0.5) is 5.69 Å². The number of nitrogens with zero attached hydrogens (tertiary/aromatic N) is 2. The van der Waals surface area contributed by atoms with Gasteiger partial charge in [0.1, 0.15) is 0 Å². The van der Waals surface area contributed by atoms with Gasteiger partial charge in [-0.1, -0.05) is 22.0 Å². The van der Waals surface area contributed by atoms with E-state index in [2.05, 4.69) is 60.7 Å². The second-order valence-electron chi connectivity index (χ2n) is 5.45. The SMILES string of the molecule is CN=C(NCCOC)NCC1CCN(c2cccc(Br)c2)C1.I. The van der Waals surface area contributed by atoms with Crippen LogP contribution in [-0.4, -0.2) is 52.9 Å². The van der Waals surface area contributed by atoms with Crippen molar-refractivity contribution in [1.29, 1.82) is 0 Å². The Labute approximate surface area is 164 Å². The number of anilines is 1. The van der Waals surface area contributed by atoms with Gasteiger partial charge >= 0.3 is 0 Å². The monoisotopic (exact) mass is 496 g/mol. The van der Waals surface area contributed by atoms with Gasteiger partial charge in [-0.2, -0.15) is 0 Å². The van der Waals surface area contributed by atoms with Crippen molar-refractivity contribution in [2.24, 2.45) is 10.9 Å². The number of hydrogen-bond acceptors (Lipinski definition) is 3. The molecule has 130 valence electrons. The standard InChI is InChI=1S/C16H25BrN4O.HI/c1-18-16(19-7-9-22-2)20-11-13-6-8-21(12-13)15-5-3-4-14(17)10-15;/h3-5,10,13H,6-9,11-12H2,1-2H3,(H2,18,19,20);1H. The molecule has 5 nitrogen and oxygen atoms in total. The maximum Gasteiger partial charge on any atom is 0.191 e. The van der Waals surface area contributed by atoms with E-state index in [1.54, 1.807) is 14.2 Å². The molecule has 0 radical (unpaired) electrons. The van der Waals surface area contributed by atoms with Gasteiger partial charge in [0.05, 0.1) is 6.61 Å². The Morgan fingerprint density at radius 2 is 2.26 bits per heavy atom. The average molecular weight is 497 g/mol. The van der Waals surface area contributed by atoms with Crippen LogP contribution in [0.5, 0.6) is 0 Å². The molecular formula is C16H26BrIN4O. The number of aliphatic imine (C=N–C) groups is 1. The first kappa shape index (κ1) is 20.5. The van der Waals surface area contributed by atoms with E-state index < -0.39 is 0 Å². The summed E-state index contributed by atoms with van der Waals surface area (Å²) in [5.41, 5.74) is 1.29. The molecule has 1 aromatic carbocycles. The first-order chi connectivity index (χ1) is 10.7. The molecule has 0 bridgehead atoms. The molecule has 2 rings (SSSR count). The summed E-state index contributed by atoms with van der Waals surface area (Å²) < 4.78 is 6.17. The summed E-state index contributed by atoms with van der Waals surface area (Å²) in [6.07, 6.45) is 1.20. The van der Waals surface area contributed by atoms with Crippen molar-refractivity contribution in [3.05, 3.63) is 28.7 Å². The highest BCUT2D eigenvalue weighted by Crippen LogP contribution is 2.25. The van der Waals surface area contributed by atoms with Gasteiger partial charge in [0.2, 0.25) is 0 Å². The van der Waals surface area contributed by atoms with Gasteiger partial charge in [0.15, 0.2) is 5.96 Å². The summed E-state index contributed by atoms with van der Waals surface area (Å²) in [6.45, 7) is 4.58. The van der Waals surface area contributed by atoms with Crippen LogP contribution < -0.4 is 15.5 Å². The Morgan fingerprint density at radius 1 is 1.43 bits per heavy atom. The largest absolute Gasteiger partial charge is 0.383 e. The molecular weight excluding hydrogens is 471 g/mol. The first-order valence-corrected chi connectivity index (χ1v) is 8.46. The maximum absolute atomic E-state index is 5.03. The van der Waals surface area contributed by atoms with Crippen molar-refractivity contribution in [3.63, 3.8) is 0 Å². The molecule has 1 aliphatic heterocycles. The average Bonchev–Trinajstić information content (AvgIpc) is 3.00. The number of rotatable bonds is 6. The van der Waals surface area contributed by atoms with Gasteiger partial charge in [-0.25, -0.2) is 0 Å². The van der Waals surface area contributed by atoms with Crippen molar-refractivity contribution in [2.75, 3.05) is 51.8 Å². The van der Waals surface area contributed by atoms with E-state index >= 15 is 0 Å². The third-order valence-corrected chi connectivity index (χ3v) is 4.33. The van der Waals surface area contributed by atoms with E-state index in [-0.39, 0.29) is 24.0 Å². The minimum atomic E-state index is 0. The van der Waals surface area contributed by atoms with Crippen molar-refractivity contribution >= 4 is 51.6 Å². The number of guanidine groups is 1. The Kier molecular flexibility index (Phi) is 9.89. The van der Waals surface area contributed by atoms with E-state index in [0.717, 1.165) is 36.6 Å². The second-order valence-corrected chi connectivity index (χ2v) is 6.37. The summed E-state index contributed by atoms with van der Waals surface area (Å²) in [6, 6.07) is 8.51. The van der Waals surface area contributed by atoms with Crippen LogP contribution in [-0.2, 0) is 4.74 Å². The first-order valence-electron chi connectivity index (χ1n) is 7.67. The van der Waals surface area contributed by atoms with Crippen LogP contribution in [0.25, 0.3) is 0 Å². The molecule has 1 atom stereocenters. The Bertz CT molecular complexity index is 501. The summed E-state index contributed by atoms with van der Waals surface area (Å²) in [5.74, 6) is 1.48. The molecule has 0 amide bonds. The van der Waals surface area contributed by atoms with Gasteiger partial charge in [-0.3, -0.25) is 4.99 Å². The fourth-order valence-corrected chi connectivity index (χ4v) is 3.03. The van der Waals surface area contributed by atoms with Gasteiger partial charge in [-0.15, -0.1) is 24.0 Å². The van der Waals surface area contributed by atoms with Crippen LogP contribution in [0, 0.1) is 5.92 Å². The molecule has 0 aliphatic carbocycles. The Hall–Kier alpha value is -0.540. The Balaban J connectivity index is 0.00000264. The van der Waals surface area contributed by atoms with Gasteiger partial charge in [0, 0.05) is 50.5 Å². The summed E-state index contributed by atoms with van der Waals surface area (Å²) in [5, 5.41) is 6.64. The van der Waals surface area contributed by atoms with Crippen LogP contribution in [0.15, 0.2) is 33.7 Å². The van der Waals surface area contributed by atoms with Gasteiger partial charge in [0.25, 0.3) is 0 Å². The lowest BCUT2D eigenvalue weighted by Gasteiger charge is -2.19. The fraction of sp³-hybridized carbons (Fsp3) is 0.562. The lowest BCUT2D eigenvalue weighted by molar-refractivity contribution is 0.203. The number of ether oxygens (including phenoxy) is 1. The minimum absolute atomic E-state index is 0. The third kappa shape index (κ3) is 6.84. The van der Waals surface area contributed by atoms with Gasteiger partial charge in [-0.05, 0) is 30.5 Å². The quantitative estimate of drug-likeness (QED) is 0.275. The minimum Gasteiger partial charge on any atom is -0.383 e. The van der Waals surface area contributed by atoms with E-state index in [1.807, 2.05) is 0 Å². The van der Waals surface area contributed by atoms with Crippen LogP contribution >= 0.6 is 39.9 Å². The highest BCUT2D eigenvalue weighted by atomic mass is 127. The number of halogens is 2. The molecule has 1 heterocycles. The fourth-order valence-electron chi connectivity index (χ4n) is 2.64. The van der Waals surface area contributed by atoms with Crippen LogP contribution in [0.1, 0.15) is 6.42 Å². The summed E-state index contributed by atoms with van der Waals surface area (Å²) >= 11 is 3.54. The van der Waals surface area contributed by atoms with E-state index in [9.17, 15) is 0 Å². The van der Waals surface area contributed by atoms with Crippen LogP contribution in [0.2, 0.25) is 0 Å². The molecule has 0 spiro atoms. The van der Waals surface area contributed by atoms with Crippen molar-refractivity contribution < 1.29 is 4.74 Å². The summed E-state index contributed by atoms with van der Waals surface area (Å²) in [4.78, 5) is 6.67. The molecule has 1 saturated heterocycles. The molecule has 1 unspecified atom stereocenters. The zero-order chi connectivity index (χ0) is 15.8. The topological polar surface area (TPSA) is 48.9 Å². The third-order valence-electron chi connectivity index (χ3n) is 3.84.